The van der Waals surface area contributed by atoms with Gasteiger partial charge >= 0.3 is 0 Å². The number of piperidine rings is 1. The van der Waals surface area contributed by atoms with E-state index >= 15 is 0 Å². The Kier molecular flexibility index (Phi) is 7.28. The Bertz CT molecular complexity index is 667. The normalized spacial score (nSPS) is 26.0. The highest BCUT2D eigenvalue weighted by Gasteiger charge is 2.25. The van der Waals surface area contributed by atoms with Crippen molar-refractivity contribution in [1.82, 2.24) is 10.2 Å². The van der Waals surface area contributed by atoms with Crippen LogP contribution in [0.25, 0.3) is 0 Å². The number of hydrogen-bond acceptors (Lipinski definition) is 4. The predicted molar refractivity (Wildman–Crippen MR) is 115 cm³/mol. The molecule has 3 aliphatic heterocycles. The van der Waals surface area contributed by atoms with Crippen LogP contribution in [0, 0.1) is 0 Å². The summed E-state index contributed by atoms with van der Waals surface area (Å²) in [5.41, 5.74) is 1.30. The van der Waals surface area contributed by atoms with E-state index in [2.05, 4.69) is 33.4 Å². The van der Waals surface area contributed by atoms with E-state index in [9.17, 15) is 0 Å². The van der Waals surface area contributed by atoms with Gasteiger partial charge in [-0.1, -0.05) is 18.2 Å². The number of guanidine groups is 1. The van der Waals surface area contributed by atoms with Crippen LogP contribution in [0.3, 0.4) is 0 Å². The molecule has 0 saturated carbocycles. The lowest BCUT2D eigenvalue weighted by molar-refractivity contribution is -0.0721. The van der Waals surface area contributed by atoms with Gasteiger partial charge in [0, 0.05) is 39.2 Å². The molecule has 0 spiro atoms. The molecule has 1 aromatic carbocycles. The molecule has 0 amide bonds. The summed E-state index contributed by atoms with van der Waals surface area (Å²) in [7, 11) is 1.88. The minimum absolute atomic E-state index is 0.304. The van der Waals surface area contributed by atoms with E-state index in [0.29, 0.717) is 18.1 Å². The average Bonchev–Trinajstić information content (AvgIpc) is 2.79. The maximum atomic E-state index is 6.15. The summed E-state index contributed by atoms with van der Waals surface area (Å²) in [6.07, 6.45) is 7.40. The van der Waals surface area contributed by atoms with Crippen molar-refractivity contribution in [1.29, 1.82) is 0 Å². The van der Waals surface area contributed by atoms with Crippen molar-refractivity contribution in [2.24, 2.45) is 4.99 Å². The first kappa shape index (κ1) is 20.5. The summed E-state index contributed by atoms with van der Waals surface area (Å²) < 4.78 is 17.7. The summed E-state index contributed by atoms with van der Waals surface area (Å²) in [4.78, 5) is 6.90. The number of likely N-dealkylation sites (tertiary alicyclic amines) is 1. The zero-order valence-corrected chi connectivity index (χ0v) is 17.6. The zero-order valence-electron chi connectivity index (χ0n) is 17.6. The molecule has 3 aliphatic rings. The van der Waals surface area contributed by atoms with Crippen LogP contribution in [0.15, 0.2) is 29.3 Å². The fourth-order valence-corrected chi connectivity index (χ4v) is 4.59. The maximum absolute atomic E-state index is 6.15. The van der Waals surface area contributed by atoms with E-state index in [4.69, 9.17) is 14.2 Å². The Balaban J connectivity index is 1.22. The maximum Gasteiger partial charge on any atom is 0.193 e. The number of hydrogen-bond donors (Lipinski definition) is 1. The van der Waals surface area contributed by atoms with Gasteiger partial charge in [-0.3, -0.25) is 4.99 Å². The third-order valence-electron chi connectivity index (χ3n) is 6.33. The number of aliphatic imine (C=N–C) groups is 1. The molecule has 2 saturated heterocycles. The molecule has 1 aromatic rings. The molecule has 0 aromatic heterocycles. The van der Waals surface area contributed by atoms with Gasteiger partial charge in [0.15, 0.2) is 5.96 Å². The lowest BCUT2D eigenvalue weighted by Gasteiger charge is -2.35. The van der Waals surface area contributed by atoms with Crippen LogP contribution in [0.5, 0.6) is 5.75 Å². The molecule has 29 heavy (non-hydrogen) atoms. The second-order valence-electron chi connectivity index (χ2n) is 8.31. The Labute approximate surface area is 174 Å². The zero-order chi connectivity index (χ0) is 19.9. The van der Waals surface area contributed by atoms with Crippen LogP contribution in [-0.2, 0) is 9.47 Å². The second-order valence-corrected chi connectivity index (χ2v) is 8.31. The van der Waals surface area contributed by atoms with E-state index in [1.54, 1.807) is 0 Å². The summed E-state index contributed by atoms with van der Waals surface area (Å²) in [6, 6.07) is 8.39. The van der Waals surface area contributed by atoms with Crippen molar-refractivity contribution in [2.75, 3.05) is 46.5 Å². The van der Waals surface area contributed by atoms with E-state index < -0.39 is 0 Å². The highest BCUT2D eigenvalue weighted by atomic mass is 16.5. The van der Waals surface area contributed by atoms with Gasteiger partial charge < -0.3 is 24.4 Å². The van der Waals surface area contributed by atoms with Gasteiger partial charge in [-0.25, -0.2) is 0 Å². The number of ether oxygens (including phenoxy) is 3. The summed E-state index contributed by atoms with van der Waals surface area (Å²) in [5.74, 6) is 2.50. The minimum atomic E-state index is 0.304. The van der Waals surface area contributed by atoms with Gasteiger partial charge in [-0.05, 0) is 50.2 Å². The van der Waals surface area contributed by atoms with E-state index in [1.165, 1.54) is 18.4 Å². The van der Waals surface area contributed by atoms with E-state index in [-0.39, 0.29) is 0 Å². The molecule has 3 heterocycles. The van der Waals surface area contributed by atoms with Crippen LogP contribution in [0.4, 0.5) is 0 Å². The number of para-hydroxylation sites is 1. The third-order valence-corrected chi connectivity index (χ3v) is 6.33. The topological polar surface area (TPSA) is 55.3 Å². The third kappa shape index (κ3) is 5.43. The molecule has 2 unspecified atom stereocenters. The molecule has 6 heteroatoms. The van der Waals surface area contributed by atoms with Crippen LogP contribution >= 0.6 is 0 Å². The Morgan fingerprint density at radius 2 is 2.00 bits per heavy atom. The molecule has 2 atom stereocenters. The van der Waals surface area contributed by atoms with Crippen molar-refractivity contribution in [3.05, 3.63) is 29.8 Å². The fourth-order valence-electron chi connectivity index (χ4n) is 4.59. The van der Waals surface area contributed by atoms with Crippen LogP contribution in [0.2, 0.25) is 0 Å². The molecule has 2 fully saturated rings. The van der Waals surface area contributed by atoms with Gasteiger partial charge in [-0.15, -0.1) is 0 Å². The number of nitrogens with one attached hydrogen (secondary N) is 1. The van der Waals surface area contributed by atoms with Gasteiger partial charge in [-0.2, -0.15) is 0 Å². The molecular formula is C23H35N3O3. The number of rotatable bonds is 5. The fraction of sp³-hybridized carbons (Fsp3) is 0.696. The standard InChI is InChI=1S/C23H35N3O3/c1-24-23(25-16-18-11-15-28-22-8-3-2-7-21(18)22)26-12-9-19(10-13-26)29-17-20-6-4-5-14-27-20/h2-3,7-8,18-20H,4-6,9-17H2,1H3,(H,24,25). The van der Waals surface area contributed by atoms with Gasteiger partial charge in [0.25, 0.3) is 0 Å². The number of benzene rings is 1. The van der Waals surface area contributed by atoms with Crippen molar-refractivity contribution >= 4 is 5.96 Å². The molecule has 160 valence electrons. The average molecular weight is 402 g/mol. The van der Waals surface area contributed by atoms with Crippen molar-refractivity contribution in [3.63, 3.8) is 0 Å². The number of fused-ring (bicyclic) bond motifs is 1. The molecule has 1 N–H and O–H groups in total. The monoisotopic (exact) mass is 401 g/mol. The summed E-state index contributed by atoms with van der Waals surface area (Å²) in [6.45, 7) is 5.30. The van der Waals surface area contributed by atoms with Crippen molar-refractivity contribution in [2.45, 2.75) is 56.7 Å². The Morgan fingerprint density at radius 1 is 1.14 bits per heavy atom. The van der Waals surface area contributed by atoms with E-state index in [1.807, 2.05) is 13.1 Å². The largest absolute Gasteiger partial charge is 0.493 e. The smallest absolute Gasteiger partial charge is 0.193 e. The lowest BCUT2D eigenvalue weighted by atomic mass is 9.93. The van der Waals surface area contributed by atoms with Gasteiger partial charge in [0.1, 0.15) is 5.75 Å². The Hall–Kier alpha value is -1.79. The van der Waals surface area contributed by atoms with Gasteiger partial charge in [0.05, 0.1) is 25.4 Å². The lowest BCUT2D eigenvalue weighted by Crippen LogP contribution is -2.48. The quantitative estimate of drug-likeness (QED) is 0.607. The van der Waals surface area contributed by atoms with Crippen molar-refractivity contribution < 1.29 is 14.2 Å². The molecule has 0 aliphatic carbocycles. The van der Waals surface area contributed by atoms with E-state index in [0.717, 1.165) is 76.8 Å². The highest BCUT2D eigenvalue weighted by Crippen LogP contribution is 2.32. The number of nitrogens with zero attached hydrogens (tertiary/aromatic N) is 2. The van der Waals surface area contributed by atoms with Crippen molar-refractivity contribution in [3.8, 4) is 5.75 Å². The molecule has 0 radical (unpaired) electrons. The molecule has 6 nitrogen and oxygen atoms in total. The minimum Gasteiger partial charge on any atom is -0.493 e. The second kappa shape index (κ2) is 10.3. The summed E-state index contributed by atoms with van der Waals surface area (Å²) >= 11 is 0. The van der Waals surface area contributed by atoms with Crippen LogP contribution in [0.1, 0.15) is 50.0 Å². The Morgan fingerprint density at radius 3 is 2.79 bits per heavy atom. The SMILES string of the molecule is CN=C(NCC1CCOc2ccccc21)N1CCC(OCC2CCCCO2)CC1. The van der Waals surface area contributed by atoms with Gasteiger partial charge in [0.2, 0.25) is 0 Å². The first-order chi connectivity index (χ1) is 14.3. The van der Waals surface area contributed by atoms with Crippen LogP contribution in [-0.4, -0.2) is 69.6 Å². The highest BCUT2D eigenvalue weighted by molar-refractivity contribution is 5.80. The molecule has 4 rings (SSSR count). The molecule has 0 bridgehead atoms. The van der Waals surface area contributed by atoms with Crippen LogP contribution < -0.4 is 10.1 Å². The predicted octanol–water partition coefficient (Wildman–Crippen LogP) is 3.18. The molecular weight excluding hydrogens is 366 g/mol. The first-order valence-corrected chi connectivity index (χ1v) is 11.2. The first-order valence-electron chi connectivity index (χ1n) is 11.2. The summed E-state index contributed by atoms with van der Waals surface area (Å²) in [5, 5.41) is 3.61.